The van der Waals surface area contributed by atoms with Crippen LogP contribution in [0.4, 0.5) is 0 Å². The molecule has 2 fully saturated rings. The van der Waals surface area contributed by atoms with Gasteiger partial charge in [0.05, 0.1) is 6.61 Å². The van der Waals surface area contributed by atoms with Gasteiger partial charge in [-0.2, -0.15) is 0 Å². The molecule has 0 aromatic heterocycles. The number of carbonyl (C=O) groups is 1. The number of hydrogen-bond donors (Lipinski definition) is 6. The largest absolute Gasteiger partial charge is 0.486 e. The first-order valence-corrected chi connectivity index (χ1v) is 13.1. The molecule has 0 unspecified atom stereocenters. The fraction of sp³-hybridized carbons (Fsp3) is 0.536. The number of hydrogen-bond acceptors (Lipinski definition) is 9. The molecule has 2 saturated heterocycles. The molecule has 0 amide bonds. The third-order valence-corrected chi connectivity index (χ3v) is 7.19. The summed E-state index contributed by atoms with van der Waals surface area (Å²) in [5.41, 5.74) is 4.00. The number of carboxylic acids is 1. The molecule has 3 aliphatic rings. The van der Waals surface area contributed by atoms with Gasteiger partial charge in [-0.05, 0) is 66.6 Å². The molecule has 0 saturated carbocycles. The monoisotopic (exact) mass is 531 g/mol. The molecule has 0 radical (unpaired) electrons. The van der Waals surface area contributed by atoms with Gasteiger partial charge in [-0.25, -0.2) is 0 Å². The summed E-state index contributed by atoms with van der Waals surface area (Å²) in [4.78, 5) is 10.1. The van der Waals surface area contributed by atoms with Gasteiger partial charge in [-0.3, -0.25) is 4.79 Å². The van der Waals surface area contributed by atoms with Crippen molar-refractivity contribution in [3.63, 3.8) is 0 Å². The molecular formula is C28H37NO9. The first-order chi connectivity index (χ1) is 18.3. The van der Waals surface area contributed by atoms with Crippen molar-refractivity contribution in [1.29, 1.82) is 0 Å². The van der Waals surface area contributed by atoms with E-state index in [9.17, 15) is 25.2 Å². The van der Waals surface area contributed by atoms with Gasteiger partial charge >= 0.3 is 5.97 Å². The van der Waals surface area contributed by atoms with E-state index in [1.165, 1.54) is 5.56 Å². The van der Waals surface area contributed by atoms with Crippen LogP contribution in [0.5, 0.6) is 11.5 Å². The van der Waals surface area contributed by atoms with Crippen molar-refractivity contribution in [3.05, 3.63) is 58.7 Å². The van der Waals surface area contributed by atoms with E-state index >= 15 is 0 Å². The van der Waals surface area contributed by atoms with Crippen molar-refractivity contribution < 1.29 is 44.5 Å². The molecule has 6 N–H and O–H groups in total. The van der Waals surface area contributed by atoms with Crippen LogP contribution in [0, 0.1) is 0 Å². The third-order valence-electron chi connectivity index (χ3n) is 7.19. The van der Waals surface area contributed by atoms with Crippen LogP contribution in [0.15, 0.2) is 36.4 Å². The van der Waals surface area contributed by atoms with E-state index in [1.54, 1.807) is 0 Å². The Bertz CT molecular complexity index is 1090. The van der Waals surface area contributed by atoms with Gasteiger partial charge in [0.2, 0.25) is 0 Å². The molecule has 2 aromatic carbocycles. The number of nitrogens with one attached hydrogen (secondary N) is 1. The number of fused-ring (bicyclic) bond motifs is 1. The van der Waals surface area contributed by atoms with Gasteiger partial charge < -0.3 is 45.1 Å². The minimum absolute atomic E-state index is 0.269. The summed E-state index contributed by atoms with van der Waals surface area (Å²) in [5, 5.41) is 51.3. The summed E-state index contributed by atoms with van der Waals surface area (Å²) in [6.07, 6.45) is -2.54. The molecule has 5 rings (SSSR count). The molecule has 3 heterocycles. The zero-order chi connectivity index (χ0) is 27.2. The number of aliphatic hydroxyl groups is 4. The predicted molar refractivity (Wildman–Crippen MR) is 137 cm³/mol. The normalized spacial score (nSPS) is 28.3. The second-order valence-electron chi connectivity index (χ2n) is 9.77. The van der Waals surface area contributed by atoms with Crippen molar-refractivity contribution >= 4 is 5.97 Å². The molecule has 2 aromatic rings. The van der Waals surface area contributed by atoms with Crippen LogP contribution < -0.4 is 14.8 Å². The number of aryl methyl sites for hydroxylation is 1. The van der Waals surface area contributed by atoms with Crippen LogP contribution in [0.1, 0.15) is 48.1 Å². The lowest BCUT2D eigenvalue weighted by Gasteiger charge is -2.40. The van der Waals surface area contributed by atoms with Crippen molar-refractivity contribution in [2.24, 2.45) is 0 Å². The number of carboxylic acid groups (broad SMARTS) is 1. The average Bonchev–Trinajstić information content (AvgIpc) is 3.48. The van der Waals surface area contributed by atoms with Gasteiger partial charge in [-0.1, -0.05) is 31.2 Å². The summed E-state index contributed by atoms with van der Waals surface area (Å²) in [7, 11) is 0. The van der Waals surface area contributed by atoms with Gasteiger partial charge in [0.25, 0.3) is 0 Å². The molecule has 10 heteroatoms. The quantitative estimate of drug-likeness (QED) is 0.317. The number of aliphatic hydroxyl groups excluding tert-OH is 4. The maximum absolute atomic E-state index is 10.5. The zero-order valence-electron chi connectivity index (χ0n) is 21.5. The summed E-state index contributed by atoms with van der Waals surface area (Å²) < 4.78 is 17.0. The van der Waals surface area contributed by atoms with E-state index in [-0.39, 0.29) is 6.04 Å². The molecule has 10 nitrogen and oxygen atoms in total. The summed E-state index contributed by atoms with van der Waals surface area (Å²) in [6.45, 7) is 3.57. The number of rotatable bonds is 6. The third kappa shape index (κ3) is 6.45. The number of aliphatic carboxylic acids is 1. The lowest BCUT2D eigenvalue weighted by Crippen LogP contribution is -2.55. The molecule has 0 bridgehead atoms. The second-order valence-corrected chi connectivity index (χ2v) is 9.77. The first-order valence-electron chi connectivity index (χ1n) is 13.1. The molecule has 38 heavy (non-hydrogen) atoms. The molecule has 0 spiro atoms. The Labute approximate surface area is 221 Å². The van der Waals surface area contributed by atoms with Gasteiger partial charge in [-0.15, -0.1) is 0 Å². The van der Waals surface area contributed by atoms with Crippen LogP contribution in [0.3, 0.4) is 0 Å². The number of ether oxygens (including phenoxy) is 3. The van der Waals surface area contributed by atoms with Gasteiger partial charge in [0.15, 0.2) is 11.5 Å². The van der Waals surface area contributed by atoms with Crippen molar-refractivity contribution in [1.82, 2.24) is 5.32 Å². The summed E-state index contributed by atoms with van der Waals surface area (Å²) in [6, 6.07) is 11.4. The fourth-order valence-electron chi connectivity index (χ4n) is 5.02. The van der Waals surface area contributed by atoms with Crippen molar-refractivity contribution in [3.8, 4) is 11.5 Å². The highest BCUT2D eigenvalue weighted by molar-refractivity contribution is 5.73. The van der Waals surface area contributed by atoms with Gasteiger partial charge in [0, 0.05) is 0 Å². The zero-order valence-corrected chi connectivity index (χ0v) is 21.5. The van der Waals surface area contributed by atoms with E-state index in [0.717, 1.165) is 48.4 Å². The predicted octanol–water partition coefficient (Wildman–Crippen LogP) is 0.949. The smallest absolute Gasteiger partial charge is 0.320 e. The highest BCUT2D eigenvalue weighted by atomic mass is 16.6. The fourth-order valence-corrected chi connectivity index (χ4v) is 5.02. The van der Waals surface area contributed by atoms with Crippen LogP contribution in [0.2, 0.25) is 0 Å². The van der Waals surface area contributed by atoms with E-state index in [1.807, 2.05) is 36.4 Å². The molecule has 0 aliphatic carbocycles. The summed E-state index contributed by atoms with van der Waals surface area (Å²) >= 11 is 0. The van der Waals surface area contributed by atoms with E-state index in [4.69, 9.17) is 19.3 Å². The van der Waals surface area contributed by atoms with Crippen molar-refractivity contribution in [2.75, 3.05) is 26.4 Å². The minimum atomic E-state index is -1.40. The van der Waals surface area contributed by atoms with E-state index in [0.29, 0.717) is 25.2 Å². The standard InChI is InChI=1S/C23H28O7.C5H9NO2/c1-2-14-4-5-15(23-22(27)21(26)20(25)19(12-24)30-23)11-16(14)9-13-3-6-17-18(10-13)29-8-7-28-17;7-5(8)4-2-1-3-6-4/h3-6,10-11,19-27H,2,7-9,12H2,1H3;4,6H,1-3H2,(H,7,8)/t19-,20-,21+,22-,23+;4-/m10/s1. The summed E-state index contributed by atoms with van der Waals surface area (Å²) in [5.74, 6) is 0.764. The Morgan fingerprint density at radius 3 is 2.37 bits per heavy atom. The van der Waals surface area contributed by atoms with Crippen LogP contribution in [0.25, 0.3) is 0 Å². The average molecular weight is 532 g/mol. The van der Waals surface area contributed by atoms with Crippen LogP contribution >= 0.6 is 0 Å². The first kappa shape index (κ1) is 28.3. The van der Waals surface area contributed by atoms with Crippen LogP contribution in [-0.2, 0) is 22.4 Å². The Morgan fingerprint density at radius 1 is 0.974 bits per heavy atom. The Balaban J connectivity index is 0.000000360. The topological polar surface area (TPSA) is 158 Å². The van der Waals surface area contributed by atoms with E-state index in [2.05, 4.69) is 12.2 Å². The maximum Gasteiger partial charge on any atom is 0.320 e. The highest BCUT2D eigenvalue weighted by Gasteiger charge is 2.44. The van der Waals surface area contributed by atoms with Crippen molar-refractivity contribution in [2.45, 2.75) is 69.2 Å². The SMILES string of the molecule is CCc1ccc([C@@H]2O[C@H](CO)[C@@H](O)[C@H](O)[C@H]2O)cc1Cc1ccc2c(c1)OCCO2.O=C(O)[C@@H]1CCCN1. The Hall–Kier alpha value is -2.73. The van der Waals surface area contributed by atoms with Gasteiger partial charge in [0.1, 0.15) is 49.8 Å². The maximum atomic E-state index is 10.5. The number of benzene rings is 2. The van der Waals surface area contributed by atoms with Crippen LogP contribution in [-0.4, -0.2) is 88.3 Å². The molecule has 6 atom stereocenters. The Kier molecular flexibility index (Phi) is 9.59. The molecule has 208 valence electrons. The Morgan fingerprint density at radius 2 is 1.74 bits per heavy atom. The lowest BCUT2D eigenvalue weighted by atomic mass is 9.88. The molecular weight excluding hydrogens is 494 g/mol. The van der Waals surface area contributed by atoms with E-state index < -0.39 is 43.1 Å². The molecule has 3 aliphatic heterocycles. The lowest BCUT2D eigenvalue weighted by molar-refractivity contribution is -0.231. The highest BCUT2D eigenvalue weighted by Crippen LogP contribution is 2.35. The second kappa shape index (κ2) is 12.9. The minimum Gasteiger partial charge on any atom is -0.486 e.